The Kier molecular flexibility index (Phi) is 11.4. The van der Waals surface area contributed by atoms with Gasteiger partial charge < -0.3 is 19.9 Å². The van der Waals surface area contributed by atoms with Gasteiger partial charge in [-0.1, -0.05) is 147 Å². The third-order valence-electron chi connectivity index (χ3n) is 17.0. The minimum atomic E-state index is -0.100. The largest absolute Gasteiger partial charge is 0.458 e. The molecule has 0 fully saturated rings. The van der Waals surface area contributed by atoms with E-state index < -0.39 is 0 Å². The van der Waals surface area contributed by atoms with E-state index in [0.29, 0.717) is 0 Å². The van der Waals surface area contributed by atoms with Crippen molar-refractivity contribution in [3.8, 4) is 11.5 Å². The summed E-state index contributed by atoms with van der Waals surface area (Å²) in [5.74, 6) is 1.87. The molecule has 4 heterocycles. The first-order valence-corrected chi connectivity index (χ1v) is 28.5. The van der Waals surface area contributed by atoms with Crippen LogP contribution in [0.2, 0.25) is 0 Å². The molecule has 0 bridgehead atoms. The topological polar surface area (TPSA) is 31.0 Å². The molecule has 0 aromatic heterocycles. The molecule has 14 rings (SSSR count). The third-order valence-corrected chi connectivity index (χ3v) is 17.8. The zero-order valence-corrected chi connectivity index (χ0v) is 46.6. The molecule has 0 amide bonds. The van der Waals surface area contributed by atoms with Crippen LogP contribution >= 0.6 is 11.9 Å². The molecule has 0 saturated heterocycles. The number of rotatable bonds is 7. The van der Waals surface area contributed by atoms with Crippen molar-refractivity contribution in [1.82, 2.24) is 0 Å². The highest BCUT2D eigenvalue weighted by molar-refractivity contribution is 8.00. The van der Waals surface area contributed by atoms with Crippen molar-refractivity contribution in [2.75, 3.05) is 25.7 Å². The number of hydrogen-bond donors (Lipinski definition) is 1. The number of nitrogens with one attached hydrogen (secondary N) is 1. The molecule has 4 aliphatic rings. The lowest BCUT2D eigenvalue weighted by molar-refractivity contribution is 0.486. The monoisotopic (exact) mass is 1020 g/mol. The van der Waals surface area contributed by atoms with Crippen LogP contribution in [-0.4, -0.2) is 26.4 Å². The first-order chi connectivity index (χ1) is 37.9. The van der Waals surface area contributed by atoms with Crippen LogP contribution in [0.4, 0.5) is 56.9 Å². The average molecular weight is 1020 g/mol. The second-order valence-electron chi connectivity index (χ2n) is 22.3. The van der Waals surface area contributed by atoms with Gasteiger partial charge in [-0.2, -0.15) is 0 Å². The van der Waals surface area contributed by atoms with Crippen LogP contribution in [0.1, 0.15) is 44.5 Å². The maximum Gasteiger partial charge on any atom is 0.252 e. The van der Waals surface area contributed by atoms with Crippen molar-refractivity contribution in [3.05, 3.63) is 233 Å². The van der Waals surface area contributed by atoms with Gasteiger partial charge in [0.25, 0.3) is 13.4 Å². The van der Waals surface area contributed by atoms with E-state index in [9.17, 15) is 0 Å². The number of anilines is 10. The minimum Gasteiger partial charge on any atom is -0.458 e. The molecule has 10 aromatic rings. The summed E-state index contributed by atoms with van der Waals surface area (Å²) in [5, 5.41) is 4.16. The fourth-order valence-corrected chi connectivity index (χ4v) is 14.4. The van der Waals surface area contributed by atoms with Gasteiger partial charge in [0.2, 0.25) is 6.71 Å². The van der Waals surface area contributed by atoms with E-state index in [1.807, 2.05) is 0 Å². The van der Waals surface area contributed by atoms with Gasteiger partial charge in [-0.05, 0) is 202 Å². The number of benzene rings is 10. The first-order valence-electron chi connectivity index (χ1n) is 27.4. The van der Waals surface area contributed by atoms with E-state index in [1.54, 1.807) is 11.9 Å². The molecule has 0 radical (unpaired) electrons. The number of para-hydroxylation sites is 3. The Bertz CT molecular complexity index is 4060. The number of aryl methyl sites for hydroxylation is 8. The summed E-state index contributed by atoms with van der Waals surface area (Å²) in [6.45, 7) is 17.8. The fraction of sp³-hybridized carbons (Fsp3) is 0.130. The van der Waals surface area contributed by atoms with E-state index in [4.69, 9.17) is 4.74 Å². The summed E-state index contributed by atoms with van der Waals surface area (Å²) in [6.07, 6.45) is 2.23. The molecule has 78 heavy (non-hydrogen) atoms. The highest BCUT2D eigenvalue weighted by Gasteiger charge is 2.45. The Hall–Kier alpha value is -8.26. The lowest BCUT2D eigenvalue weighted by atomic mass is 9.29. The molecule has 0 atom stereocenters. The second-order valence-corrected chi connectivity index (χ2v) is 23.0. The van der Waals surface area contributed by atoms with E-state index in [1.165, 1.54) is 116 Å². The van der Waals surface area contributed by atoms with Crippen molar-refractivity contribution in [2.24, 2.45) is 0 Å². The van der Waals surface area contributed by atoms with Gasteiger partial charge in [0.05, 0.1) is 11.4 Å². The molecular weight excluding hydrogens is 965 g/mol. The van der Waals surface area contributed by atoms with E-state index >= 15 is 0 Å². The van der Waals surface area contributed by atoms with E-state index in [0.717, 1.165) is 45.6 Å². The Balaban J connectivity index is 1.03. The van der Waals surface area contributed by atoms with Crippen molar-refractivity contribution in [1.29, 1.82) is 0 Å². The molecule has 5 nitrogen and oxygen atoms in total. The van der Waals surface area contributed by atoms with Crippen molar-refractivity contribution in [2.45, 2.75) is 55.4 Å². The predicted octanol–water partition coefficient (Wildman–Crippen LogP) is 11.8. The van der Waals surface area contributed by atoms with Gasteiger partial charge in [0.15, 0.2) is 0 Å². The minimum absolute atomic E-state index is 0.0120. The van der Waals surface area contributed by atoms with Crippen LogP contribution in [0.3, 0.4) is 0 Å². The molecule has 4 aliphatic heterocycles. The van der Waals surface area contributed by atoms with Crippen molar-refractivity contribution in [3.63, 3.8) is 0 Å². The van der Waals surface area contributed by atoms with Gasteiger partial charge in [-0.25, -0.2) is 0 Å². The molecule has 10 aromatic carbocycles. The Morgan fingerprint density at radius 2 is 0.974 bits per heavy atom. The summed E-state index contributed by atoms with van der Waals surface area (Å²) in [7, 11) is 0. The lowest BCUT2D eigenvalue weighted by Crippen LogP contribution is -2.64. The van der Waals surface area contributed by atoms with E-state index in [2.05, 4.69) is 269 Å². The van der Waals surface area contributed by atoms with Crippen LogP contribution in [0.5, 0.6) is 11.5 Å². The molecule has 376 valence electrons. The molecule has 0 unspecified atom stereocenters. The van der Waals surface area contributed by atoms with Crippen LogP contribution in [0.15, 0.2) is 188 Å². The molecule has 9 heteroatoms. The Morgan fingerprint density at radius 1 is 0.385 bits per heavy atom. The van der Waals surface area contributed by atoms with Crippen LogP contribution in [0.25, 0.3) is 0 Å². The quantitative estimate of drug-likeness (QED) is 0.126. The standard InChI is InChI=1S/C69H59B3N4OS/c1-41-23-27-50(28-24-41)74(51-29-25-42(2)26-30-51)52-37-60-69-64(38-52)76(78-9)62-36-46(6)56(70-53-19-13-15-21-61(53)75(49-17-11-10-12-18-49)63-33-43(3)31-47(7)67(63)70)40-58(62)72(69)57-39-55(45(5)35-59(57)73-60)71-54-20-14-16-22-65(54)77-66-34-44(4)32-48(8)68(66)71/h10-40,73H,1-9H3. The maximum absolute atomic E-state index is 6.78. The van der Waals surface area contributed by atoms with Gasteiger partial charge in [-0.3, -0.25) is 4.31 Å². The summed E-state index contributed by atoms with van der Waals surface area (Å²) < 4.78 is 9.30. The van der Waals surface area contributed by atoms with Gasteiger partial charge in [-0.15, -0.1) is 0 Å². The van der Waals surface area contributed by atoms with Gasteiger partial charge >= 0.3 is 0 Å². The SMILES string of the molecule is CSN1c2cc(C)c(B3c4ccccc4N(c4ccccc4)c4cc(C)cc(C)c43)cc2B2c3cc(B4c5ccccc5Oc5cc(C)cc(C)c54)c(C)cc3Nc3cc(N(c4ccc(C)cc4)c4ccc(C)cc4)cc1c32. The zero-order valence-electron chi connectivity index (χ0n) is 45.8. The first kappa shape index (κ1) is 48.1. The Morgan fingerprint density at radius 3 is 1.68 bits per heavy atom. The second kappa shape index (κ2) is 18.5. The van der Waals surface area contributed by atoms with Crippen molar-refractivity contribution < 1.29 is 4.74 Å². The number of hydrogen-bond acceptors (Lipinski definition) is 6. The normalized spacial score (nSPS) is 13.3. The third kappa shape index (κ3) is 7.56. The molecule has 1 N–H and O–H groups in total. The Labute approximate surface area is 465 Å². The molecular formula is C69H59B3N4OS. The highest BCUT2D eigenvalue weighted by Crippen LogP contribution is 2.45. The number of nitrogens with zero attached hydrogens (tertiary/aromatic N) is 3. The summed E-state index contributed by atoms with van der Waals surface area (Å²) >= 11 is 1.79. The van der Waals surface area contributed by atoms with Crippen LogP contribution in [0, 0.1) is 55.4 Å². The highest BCUT2D eigenvalue weighted by atomic mass is 32.2. The lowest BCUT2D eigenvalue weighted by Gasteiger charge is -2.42. The van der Waals surface area contributed by atoms with Crippen molar-refractivity contribution >= 4 is 138 Å². The van der Waals surface area contributed by atoms with E-state index in [-0.39, 0.29) is 20.1 Å². The molecule has 0 saturated carbocycles. The maximum atomic E-state index is 6.78. The molecule has 0 aliphatic carbocycles. The number of fused-ring (bicyclic) bond motifs is 8. The summed E-state index contributed by atoms with van der Waals surface area (Å²) in [5.41, 5.74) is 33.2. The smallest absolute Gasteiger partial charge is 0.252 e. The predicted molar refractivity (Wildman–Crippen MR) is 339 cm³/mol. The molecule has 0 spiro atoms. The summed E-state index contributed by atoms with van der Waals surface area (Å²) in [6, 6.07) is 70.9. The van der Waals surface area contributed by atoms with Gasteiger partial charge in [0, 0.05) is 51.8 Å². The number of ether oxygens (including phenoxy) is 1. The van der Waals surface area contributed by atoms with Gasteiger partial charge in [0.1, 0.15) is 11.5 Å². The van der Waals surface area contributed by atoms with Crippen LogP contribution in [-0.2, 0) is 0 Å². The fourth-order valence-electron chi connectivity index (χ4n) is 13.7. The van der Waals surface area contributed by atoms with Crippen LogP contribution < -0.4 is 73.3 Å². The summed E-state index contributed by atoms with van der Waals surface area (Å²) in [4.78, 5) is 4.91. The zero-order chi connectivity index (χ0) is 53.2. The average Bonchev–Trinajstić information content (AvgIpc) is 3.46.